The average molecular weight is 402 g/mol. The number of ether oxygens (including phenoxy) is 2. The molecule has 3 fully saturated rings. The summed E-state index contributed by atoms with van der Waals surface area (Å²) in [5, 5.41) is 0. The lowest BCUT2D eigenvalue weighted by atomic mass is 9.97. The van der Waals surface area contributed by atoms with Crippen molar-refractivity contribution in [1.82, 2.24) is 14.7 Å². The molecule has 1 aromatic carbocycles. The number of likely N-dealkylation sites (tertiary alicyclic amines) is 2. The van der Waals surface area contributed by atoms with E-state index in [9.17, 15) is 4.79 Å². The molecule has 0 aliphatic carbocycles. The quantitative estimate of drug-likeness (QED) is 0.758. The molecule has 6 heteroatoms. The number of carbonyl (C=O) groups is 1. The first-order valence-corrected chi connectivity index (χ1v) is 11.2. The lowest BCUT2D eigenvalue weighted by Crippen LogP contribution is -2.55. The van der Waals surface area contributed by atoms with E-state index < -0.39 is 0 Å². The van der Waals surface area contributed by atoms with Crippen LogP contribution in [0.15, 0.2) is 24.3 Å². The highest BCUT2D eigenvalue weighted by molar-refractivity contribution is 5.82. The number of hydrogen-bond donors (Lipinski definition) is 0. The fourth-order valence-corrected chi connectivity index (χ4v) is 5.12. The van der Waals surface area contributed by atoms with Crippen LogP contribution < -0.4 is 4.74 Å². The van der Waals surface area contributed by atoms with Gasteiger partial charge in [-0.15, -0.1) is 0 Å². The molecule has 0 radical (unpaired) electrons. The van der Waals surface area contributed by atoms with E-state index in [1.807, 2.05) is 12.1 Å². The van der Waals surface area contributed by atoms with E-state index in [0.717, 1.165) is 90.3 Å². The molecule has 0 bridgehead atoms. The van der Waals surface area contributed by atoms with E-state index in [0.29, 0.717) is 11.9 Å². The van der Waals surface area contributed by atoms with Crippen LogP contribution >= 0.6 is 0 Å². The van der Waals surface area contributed by atoms with Gasteiger partial charge in [0, 0.05) is 44.3 Å². The van der Waals surface area contributed by atoms with E-state index in [2.05, 4.69) is 26.8 Å². The normalized spacial score (nSPS) is 25.1. The molecular formula is C23H35N3O3. The zero-order valence-corrected chi connectivity index (χ0v) is 17.7. The summed E-state index contributed by atoms with van der Waals surface area (Å²) >= 11 is 0. The molecule has 0 aromatic heterocycles. The van der Waals surface area contributed by atoms with E-state index >= 15 is 0 Å². The third-order valence-electron chi connectivity index (χ3n) is 6.80. The summed E-state index contributed by atoms with van der Waals surface area (Å²) in [6.07, 6.45) is 5.45. The van der Waals surface area contributed by atoms with Gasteiger partial charge in [0.05, 0.1) is 26.4 Å². The summed E-state index contributed by atoms with van der Waals surface area (Å²) in [5.74, 6) is 1.25. The molecule has 6 nitrogen and oxygen atoms in total. The van der Waals surface area contributed by atoms with Crippen molar-refractivity contribution in [1.29, 1.82) is 0 Å². The Balaban J connectivity index is 1.36. The molecule has 4 rings (SSSR count). The minimum Gasteiger partial charge on any atom is -0.496 e. The standard InChI is InChI=1S/C23H35N3O3/c1-28-22-8-3-2-6-19(22)18-26-11-5-4-7-21(26)23(27)25-12-9-20(10-13-25)24-14-16-29-17-15-24/h2-3,6,8,20-21H,4-5,7,9-18H2,1H3. The topological polar surface area (TPSA) is 45.2 Å². The molecule has 0 spiro atoms. The Morgan fingerprint density at radius 3 is 2.55 bits per heavy atom. The van der Waals surface area contributed by atoms with Crippen molar-refractivity contribution < 1.29 is 14.3 Å². The van der Waals surface area contributed by atoms with Crippen molar-refractivity contribution >= 4 is 5.91 Å². The Kier molecular flexibility index (Phi) is 7.06. The zero-order chi connectivity index (χ0) is 20.1. The van der Waals surface area contributed by atoms with Crippen LogP contribution in [0.1, 0.15) is 37.7 Å². The monoisotopic (exact) mass is 401 g/mol. The van der Waals surface area contributed by atoms with Gasteiger partial charge in [-0.2, -0.15) is 0 Å². The van der Waals surface area contributed by atoms with Crippen LogP contribution in [0.25, 0.3) is 0 Å². The number of nitrogens with zero attached hydrogens (tertiary/aromatic N) is 3. The molecule has 0 saturated carbocycles. The molecule has 3 aliphatic rings. The number of hydrogen-bond acceptors (Lipinski definition) is 5. The van der Waals surface area contributed by atoms with E-state index in [1.165, 1.54) is 5.56 Å². The van der Waals surface area contributed by atoms with Gasteiger partial charge in [-0.05, 0) is 38.3 Å². The molecule has 3 aliphatic heterocycles. The van der Waals surface area contributed by atoms with Gasteiger partial charge < -0.3 is 14.4 Å². The maximum atomic E-state index is 13.4. The van der Waals surface area contributed by atoms with Gasteiger partial charge in [0.15, 0.2) is 0 Å². The van der Waals surface area contributed by atoms with Crippen LogP contribution in [-0.4, -0.2) is 85.7 Å². The summed E-state index contributed by atoms with van der Waals surface area (Å²) in [7, 11) is 1.72. The van der Waals surface area contributed by atoms with Crippen molar-refractivity contribution in [2.24, 2.45) is 0 Å². The minimum atomic E-state index is 0.00796. The van der Waals surface area contributed by atoms with Gasteiger partial charge in [-0.1, -0.05) is 24.6 Å². The van der Waals surface area contributed by atoms with Crippen LogP contribution in [0.2, 0.25) is 0 Å². The average Bonchev–Trinajstić information content (AvgIpc) is 2.80. The van der Waals surface area contributed by atoms with Gasteiger partial charge in [0.25, 0.3) is 0 Å². The fourth-order valence-electron chi connectivity index (χ4n) is 5.12. The Morgan fingerprint density at radius 1 is 1.03 bits per heavy atom. The van der Waals surface area contributed by atoms with Gasteiger partial charge >= 0.3 is 0 Å². The van der Waals surface area contributed by atoms with Crippen molar-refractivity contribution in [2.45, 2.75) is 50.7 Å². The first-order chi connectivity index (χ1) is 14.3. The Labute approximate surface area is 174 Å². The molecular weight excluding hydrogens is 366 g/mol. The molecule has 1 unspecified atom stereocenters. The van der Waals surface area contributed by atoms with Gasteiger partial charge in [-0.3, -0.25) is 14.6 Å². The minimum absolute atomic E-state index is 0.00796. The first-order valence-electron chi connectivity index (χ1n) is 11.2. The second-order valence-corrected chi connectivity index (χ2v) is 8.50. The molecule has 160 valence electrons. The third kappa shape index (κ3) is 4.93. The van der Waals surface area contributed by atoms with Gasteiger partial charge in [-0.25, -0.2) is 0 Å². The summed E-state index contributed by atoms with van der Waals surface area (Å²) < 4.78 is 11.0. The number of benzene rings is 1. The van der Waals surface area contributed by atoms with E-state index in [4.69, 9.17) is 9.47 Å². The maximum Gasteiger partial charge on any atom is 0.239 e. The number of carbonyl (C=O) groups excluding carboxylic acids is 1. The van der Waals surface area contributed by atoms with Crippen molar-refractivity contribution in [3.05, 3.63) is 29.8 Å². The van der Waals surface area contributed by atoms with Crippen molar-refractivity contribution in [3.63, 3.8) is 0 Å². The number of methoxy groups -OCH3 is 1. The Bertz CT molecular complexity index is 669. The smallest absolute Gasteiger partial charge is 0.239 e. The first kappa shape index (κ1) is 20.6. The number of morpholine rings is 1. The molecule has 1 aromatic rings. The lowest BCUT2D eigenvalue weighted by molar-refractivity contribution is -0.140. The van der Waals surface area contributed by atoms with Crippen LogP contribution in [0.3, 0.4) is 0 Å². The second kappa shape index (κ2) is 9.92. The molecule has 0 N–H and O–H groups in total. The number of amides is 1. The van der Waals surface area contributed by atoms with Crippen LogP contribution in [-0.2, 0) is 16.1 Å². The molecule has 1 amide bonds. The van der Waals surface area contributed by atoms with Crippen molar-refractivity contribution in [3.8, 4) is 5.75 Å². The van der Waals surface area contributed by atoms with Gasteiger partial charge in [0.2, 0.25) is 5.91 Å². The SMILES string of the molecule is COc1ccccc1CN1CCCCC1C(=O)N1CCC(N2CCOCC2)CC1. The molecule has 3 saturated heterocycles. The third-order valence-corrected chi connectivity index (χ3v) is 6.80. The summed E-state index contributed by atoms with van der Waals surface area (Å²) in [5.41, 5.74) is 1.17. The Hall–Kier alpha value is -1.63. The fraction of sp³-hybridized carbons (Fsp3) is 0.696. The molecule has 1 atom stereocenters. The summed E-state index contributed by atoms with van der Waals surface area (Å²) in [4.78, 5) is 20.5. The predicted molar refractivity (Wildman–Crippen MR) is 113 cm³/mol. The highest BCUT2D eigenvalue weighted by Crippen LogP contribution is 2.27. The van der Waals surface area contributed by atoms with Crippen molar-refractivity contribution in [2.75, 3.05) is 53.0 Å². The van der Waals surface area contributed by atoms with E-state index in [-0.39, 0.29) is 6.04 Å². The number of rotatable bonds is 5. The number of piperidine rings is 2. The molecule has 29 heavy (non-hydrogen) atoms. The lowest BCUT2D eigenvalue weighted by Gasteiger charge is -2.43. The largest absolute Gasteiger partial charge is 0.496 e. The Morgan fingerprint density at radius 2 is 1.79 bits per heavy atom. The summed E-state index contributed by atoms with van der Waals surface area (Å²) in [6, 6.07) is 8.79. The highest BCUT2D eigenvalue weighted by atomic mass is 16.5. The highest BCUT2D eigenvalue weighted by Gasteiger charge is 2.35. The van der Waals surface area contributed by atoms with E-state index in [1.54, 1.807) is 7.11 Å². The van der Waals surface area contributed by atoms with Crippen LogP contribution in [0.5, 0.6) is 5.75 Å². The zero-order valence-electron chi connectivity index (χ0n) is 17.7. The van der Waals surface area contributed by atoms with Crippen LogP contribution in [0, 0.1) is 0 Å². The second-order valence-electron chi connectivity index (χ2n) is 8.50. The summed E-state index contributed by atoms with van der Waals surface area (Å²) in [6.45, 7) is 7.31. The maximum absolute atomic E-state index is 13.4. The van der Waals surface area contributed by atoms with Crippen LogP contribution in [0.4, 0.5) is 0 Å². The predicted octanol–water partition coefficient (Wildman–Crippen LogP) is 2.37. The molecule has 3 heterocycles. The van der Waals surface area contributed by atoms with Gasteiger partial charge in [0.1, 0.15) is 5.75 Å². The number of para-hydroxylation sites is 1.